The summed E-state index contributed by atoms with van der Waals surface area (Å²) in [6.45, 7) is 4.41. The lowest BCUT2D eigenvalue weighted by atomic mass is 9.91. The van der Waals surface area contributed by atoms with Crippen molar-refractivity contribution in [1.29, 1.82) is 0 Å². The molecule has 0 amide bonds. The first-order chi connectivity index (χ1) is 7.17. The van der Waals surface area contributed by atoms with Crippen molar-refractivity contribution in [2.45, 2.75) is 32.7 Å². The van der Waals surface area contributed by atoms with Gasteiger partial charge in [-0.25, -0.2) is 0 Å². The molecule has 0 aliphatic carbocycles. The lowest BCUT2D eigenvalue weighted by Crippen LogP contribution is -2.31. The molecule has 0 radical (unpaired) electrons. The largest absolute Gasteiger partial charge is 0.508 e. The van der Waals surface area contributed by atoms with Crippen molar-refractivity contribution in [3.05, 3.63) is 29.8 Å². The summed E-state index contributed by atoms with van der Waals surface area (Å²) in [5.74, 6) is 0.983. The van der Waals surface area contributed by atoms with Gasteiger partial charge in [0.05, 0.1) is 0 Å². The fraction of sp³-hybridized carbons (Fsp3) is 0.538. The third-order valence-corrected chi connectivity index (χ3v) is 3.10. The average Bonchev–Trinajstić information content (AvgIpc) is 2.25. The van der Waals surface area contributed by atoms with Crippen LogP contribution in [0, 0.1) is 5.92 Å². The smallest absolute Gasteiger partial charge is 0.115 e. The lowest BCUT2D eigenvalue weighted by Gasteiger charge is -2.22. The second-order valence-corrected chi connectivity index (χ2v) is 4.12. The molecule has 0 saturated carbocycles. The van der Waals surface area contributed by atoms with Crippen LogP contribution in [0.5, 0.6) is 5.75 Å². The van der Waals surface area contributed by atoms with Crippen LogP contribution in [0.3, 0.4) is 0 Å². The van der Waals surface area contributed by atoms with Crippen molar-refractivity contribution in [3.8, 4) is 5.75 Å². The summed E-state index contributed by atoms with van der Waals surface area (Å²) in [6.07, 6.45) is 2.17. The van der Waals surface area contributed by atoms with Gasteiger partial charge >= 0.3 is 0 Å². The van der Waals surface area contributed by atoms with Crippen LogP contribution in [0.4, 0.5) is 0 Å². The Labute approximate surface area is 92.3 Å². The normalized spacial score (nSPS) is 14.9. The van der Waals surface area contributed by atoms with Crippen LogP contribution in [0.1, 0.15) is 25.8 Å². The average molecular weight is 207 g/mol. The van der Waals surface area contributed by atoms with Gasteiger partial charge in [-0.2, -0.15) is 0 Å². The highest BCUT2D eigenvalue weighted by Gasteiger charge is 2.14. The Hall–Kier alpha value is -1.02. The molecule has 2 atom stereocenters. The Balaban J connectivity index is 2.66. The Morgan fingerprint density at radius 1 is 1.40 bits per heavy atom. The number of phenolic OH excluding ortho intramolecular Hbond substituents is 1. The van der Waals surface area contributed by atoms with Crippen molar-refractivity contribution < 1.29 is 5.11 Å². The Bertz CT molecular complexity index is 298. The van der Waals surface area contributed by atoms with Gasteiger partial charge in [0, 0.05) is 6.04 Å². The number of hydrogen-bond donors (Lipinski definition) is 2. The van der Waals surface area contributed by atoms with E-state index >= 15 is 0 Å². The van der Waals surface area contributed by atoms with E-state index in [9.17, 15) is 5.11 Å². The number of nitrogens with one attached hydrogen (secondary N) is 1. The molecule has 1 rings (SSSR count). The molecule has 0 aliphatic rings. The molecule has 1 aromatic carbocycles. The molecule has 0 bridgehead atoms. The second kappa shape index (κ2) is 5.76. The number of benzene rings is 1. The molecule has 2 unspecified atom stereocenters. The molecule has 0 aromatic heterocycles. The van der Waals surface area contributed by atoms with E-state index in [1.165, 1.54) is 5.56 Å². The van der Waals surface area contributed by atoms with E-state index in [2.05, 4.69) is 25.2 Å². The zero-order valence-corrected chi connectivity index (χ0v) is 9.83. The fourth-order valence-corrected chi connectivity index (χ4v) is 1.90. The molecule has 0 spiro atoms. The summed E-state index contributed by atoms with van der Waals surface area (Å²) < 4.78 is 0. The first-order valence-electron chi connectivity index (χ1n) is 5.62. The van der Waals surface area contributed by atoms with E-state index < -0.39 is 0 Å². The van der Waals surface area contributed by atoms with Gasteiger partial charge < -0.3 is 10.4 Å². The van der Waals surface area contributed by atoms with Gasteiger partial charge in [-0.05, 0) is 44.0 Å². The summed E-state index contributed by atoms with van der Waals surface area (Å²) >= 11 is 0. The van der Waals surface area contributed by atoms with Crippen molar-refractivity contribution >= 4 is 0 Å². The first-order valence-corrected chi connectivity index (χ1v) is 5.62. The minimum atomic E-state index is 0.361. The van der Waals surface area contributed by atoms with Gasteiger partial charge in [0.15, 0.2) is 0 Å². The van der Waals surface area contributed by atoms with E-state index in [0.717, 1.165) is 12.8 Å². The standard InChI is InChI=1S/C13H21NO/c1-4-12(10(2)14-3)8-11-6-5-7-13(15)9-11/h5-7,9-10,12,14-15H,4,8H2,1-3H3. The zero-order valence-electron chi connectivity index (χ0n) is 9.83. The van der Waals surface area contributed by atoms with E-state index in [4.69, 9.17) is 0 Å². The maximum absolute atomic E-state index is 9.38. The number of hydrogen-bond acceptors (Lipinski definition) is 2. The highest BCUT2D eigenvalue weighted by atomic mass is 16.3. The second-order valence-electron chi connectivity index (χ2n) is 4.12. The van der Waals surface area contributed by atoms with Gasteiger partial charge in [-0.1, -0.05) is 25.5 Å². The van der Waals surface area contributed by atoms with Gasteiger partial charge in [0.25, 0.3) is 0 Å². The van der Waals surface area contributed by atoms with Crippen molar-refractivity contribution in [2.75, 3.05) is 7.05 Å². The maximum atomic E-state index is 9.38. The molecule has 15 heavy (non-hydrogen) atoms. The van der Waals surface area contributed by atoms with Crippen molar-refractivity contribution in [1.82, 2.24) is 5.32 Å². The molecule has 84 valence electrons. The van der Waals surface area contributed by atoms with Crippen LogP contribution in [0.2, 0.25) is 0 Å². The minimum Gasteiger partial charge on any atom is -0.508 e. The van der Waals surface area contributed by atoms with Crippen LogP contribution in [-0.2, 0) is 6.42 Å². The van der Waals surface area contributed by atoms with Crippen LogP contribution < -0.4 is 5.32 Å². The Kier molecular flexibility index (Phi) is 4.63. The number of phenols is 1. The monoisotopic (exact) mass is 207 g/mol. The zero-order chi connectivity index (χ0) is 11.3. The highest BCUT2D eigenvalue weighted by Crippen LogP contribution is 2.18. The quantitative estimate of drug-likeness (QED) is 0.777. The molecular formula is C13H21NO. The Morgan fingerprint density at radius 3 is 2.67 bits per heavy atom. The fourth-order valence-electron chi connectivity index (χ4n) is 1.90. The molecule has 0 heterocycles. The lowest BCUT2D eigenvalue weighted by molar-refractivity contribution is 0.380. The predicted octanol–water partition coefficient (Wildman–Crippen LogP) is 2.57. The molecule has 2 N–H and O–H groups in total. The van der Waals surface area contributed by atoms with Gasteiger partial charge in [-0.15, -0.1) is 0 Å². The number of rotatable bonds is 5. The van der Waals surface area contributed by atoms with E-state index in [0.29, 0.717) is 17.7 Å². The van der Waals surface area contributed by atoms with Crippen LogP contribution in [-0.4, -0.2) is 18.2 Å². The summed E-state index contributed by atoms with van der Waals surface area (Å²) in [7, 11) is 2.00. The molecular weight excluding hydrogens is 186 g/mol. The van der Waals surface area contributed by atoms with Gasteiger partial charge in [-0.3, -0.25) is 0 Å². The highest BCUT2D eigenvalue weighted by molar-refractivity contribution is 5.27. The molecule has 0 aliphatic heterocycles. The van der Waals surface area contributed by atoms with E-state index in [-0.39, 0.29) is 0 Å². The minimum absolute atomic E-state index is 0.361. The summed E-state index contributed by atoms with van der Waals surface area (Å²) in [6, 6.07) is 8.06. The molecule has 0 saturated heterocycles. The number of aromatic hydroxyl groups is 1. The van der Waals surface area contributed by atoms with Crippen molar-refractivity contribution in [2.24, 2.45) is 5.92 Å². The van der Waals surface area contributed by atoms with Crippen LogP contribution >= 0.6 is 0 Å². The molecule has 2 nitrogen and oxygen atoms in total. The van der Waals surface area contributed by atoms with E-state index in [1.807, 2.05) is 19.2 Å². The molecule has 2 heteroatoms. The van der Waals surface area contributed by atoms with E-state index in [1.54, 1.807) is 6.07 Å². The van der Waals surface area contributed by atoms with Gasteiger partial charge in [0.2, 0.25) is 0 Å². The Morgan fingerprint density at radius 2 is 2.13 bits per heavy atom. The summed E-state index contributed by atoms with van der Waals surface area (Å²) in [4.78, 5) is 0. The topological polar surface area (TPSA) is 32.3 Å². The summed E-state index contributed by atoms with van der Waals surface area (Å²) in [5, 5.41) is 12.7. The van der Waals surface area contributed by atoms with Crippen LogP contribution in [0.25, 0.3) is 0 Å². The molecule has 0 fully saturated rings. The third-order valence-electron chi connectivity index (χ3n) is 3.10. The molecule has 1 aromatic rings. The summed E-state index contributed by atoms with van der Waals surface area (Å²) in [5.41, 5.74) is 1.21. The van der Waals surface area contributed by atoms with Crippen LogP contribution in [0.15, 0.2) is 24.3 Å². The van der Waals surface area contributed by atoms with Crippen molar-refractivity contribution in [3.63, 3.8) is 0 Å². The SMILES string of the molecule is CCC(Cc1cccc(O)c1)C(C)NC. The first kappa shape index (κ1) is 12.1. The maximum Gasteiger partial charge on any atom is 0.115 e. The third kappa shape index (κ3) is 3.56. The predicted molar refractivity (Wildman–Crippen MR) is 64.1 cm³/mol. The van der Waals surface area contributed by atoms with Gasteiger partial charge in [0.1, 0.15) is 5.75 Å².